The van der Waals surface area contributed by atoms with Gasteiger partial charge in [-0.05, 0) is 66.9 Å². The molecule has 0 N–H and O–H groups in total. The van der Waals surface area contributed by atoms with E-state index in [0.717, 1.165) is 49.4 Å². The Morgan fingerprint density at radius 2 is 0.983 bits per heavy atom. The fraction of sp³-hybridized carbons (Fsp3) is 0.0556. The van der Waals surface area contributed by atoms with Crippen molar-refractivity contribution >= 4 is 54.1 Å². The topological polar surface area (TPSA) is 43.6 Å². The summed E-state index contributed by atoms with van der Waals surface area (Å²) in [7, 11) is 0. The third-order valence-electron chi connectivity index (χ3n) is 12.4. The van der Waals surface area contributed by atoms with Crippen molar-refractivity contribution in [2.45, 2.75) is 19.3 Å². The van der Waals surface area contributed by atoms with Gasteiger partial charge in [0.1, 0.15) is 0 Å². The number of hydrogen-bond donors (Lipinski definition) is 0. The first-order chi connectivity index (χ1) is 28.5. The van der Waals surface area contributed by atoms with Crippen molar-refractivity contribution in [1.82, 2.24) is 19.5 Å². The Morgan fingerprint density at radius 3 is 1.81 bits per heavy atom. The van der Waals surface area contributed by atoms with Gasteiger partial charge in [0.05, 0.1) is 11.0 Å². The van der Waals surface area contributed by atoms with Crippen LogP contribution in [0.2, 0.25) is 0 Å². The third-order valence-corrected chi connectivity index (χ3v) is 12.4. The van der Waals surface area contributed by atoms with Crippen molar-refractivity contribution in [3.63, 3.8) is 0 Å². The molecule has 4 nitrogen and oxygen atoms in total. The molecule has 0 bridgehead atoms. The highest BCUT2D eigenvalue weighted by Crippen LogP contribution is 2.51. The van der Waals surface area contributed by atoms with E-state index in [4.69, 9.17) is 15.0 Å². The largest absolute Gasteiger partial charge is 0.277 e. The van der Waals surface area contributed by atoms with Gasteiger partial charge < -0.3 is 0 Å². The van der Waals surface area contributed by atoms with Crippen LogP contribution >= 0.6 is 0 Å². The second-order valence-electron chi connectivity index (χ2n) is 16.0. The van der Waals surface area contributed by atoms with Gasteiger partial charge in [0.2, 0.25) is 5.95 Å². The molecule has 1 aliphatic rings. The molecule has 11 aromatic rings. The first kappa shape index (κ1) is 32.8. The van der Waals surface area contributed by atoms with Crippen LogP contribution in [-0.4, -0.2) is 19.5 Å². The lowest BCUT2D eigenvalue weighted by Crippen LogP contribution is -2.14. The zero-order valence-corrected chi connectivity index (χ0v) is 32.1. The van der Waals surface area contributed by atoms with Gasteiger partial charge in [0, 0.05) is 38.3 Å². The van der Waals surface area contributed by atoms with Crippen molar-refractivity contribution in [2.75, 3.05) is 0 Å². The number of hydrogen-bond acceptors (Lipinski definition) is 3. The molecule has 2 heterocycles. The van der Waals surface area contributed by atoms with E-state index in [1.165, 1.54) is 49.2 Å². The Hall–Kier alpha value is -7.43. The molecule has 12 rings (SSSR count). The van der Waals surface area contributed by atoms with Gasteiger partial charge in [-0.1, -0.05) is 184 Å². The van der Waals surface area contributed by atoms with Gasteiger partial charge in [-0.15, -0.1) is 0 Å². The van der Waals surface area contributed by atoms with Crippen LogP contribution in [0.25, 0.3) is 105 Å². The highest BCUT2D eigenvalue weighted by atomic mass is 15.2. The Kier molecular flexibility index (Phi) is 6.94. The van der Waals surface area contributed by atoms with Crippen molar-refractivity contribution in [3.05, 3.63) is 193 Å². The molecule has 0 aliphatic heterocycles. The summed E-state index contributed by atoms with van der Waals surface area (Å²) in [5, 5.41) is 9.44. The van der Waals surface area contributed by atoms with Crippen LogP contribution in [0, 0.1) is 0 Å². The molecule has 0 saturated carbocycles. The SMILES string of the molecule is CC1(C)c2ccccc2-c2ccc(-c3cccc4c5c6ccccc6c6ccccc6c5n(-c5nc(-c6ccccc6)nc(-c6ccc7ccccc7c6)n5)c34)cc21. The van der Waals surface area contributed by atoms with E-state index >= 15 is 0 Å². The van der Waals surface area contributed by atoms with E-state index in [1.807, 2.05) is 18.2 Å². The lowest BCUT2D eigenvalue weighted by molar-refractivity contribution is 0.660. The van der Waals surface area contributed by atoms with Gasteiger partial charge in [-0.2, -0.15) is 9.97 Å². The fourth-order valence-electron chi connectivity index (χ4n) is 9.67. The minimum absolute atomic E-state index is 0.136. The summed E-state index contributed by atoms with van der Waals surface area (Å²) in [6.07, 6.45) is 0. The van der Waals surface area contributed by atoms with E-state index < -0.39 is 0 Å². The Morgan fingerprint density at radius 1 is 0.379 bits per heavy atom. The number of aromatic nitrogens is 4. The summed E-state index contributed by atoms with van der Waals surface area (Å²) < 4.78 is 2.33. The third kappa shape index (κ3) is 4.72. The van der Waals surface area contributed by atoms with Crippen molar-refractivity contribution in [3.8, 4) is 51.0 Å². The highest BCUT2D eigenvalue weighted by Gasteiger charge is 2.35. The van der Waals surface area contributed by atoms with Crippen LogP contribution in [0.3, 0.4) is 0 Å². The summed E-state index contributed by atoms with van der Waals surface area (Å²) >= 11 is 0. The van der Waals surface area contributed by atoms with E-state index in [2.05, 4.69) is 182 Å². The maximum Gasteiger partial charge on any atom is 0.238 e. The van der Waals surface area contributed by atoms with Crippen LogP contribution in [0.4, 0.5) is 0 Å². The number of fused-ring (bicyclic) bond motifs is 12. The van der Waals surface area contributed by atoms with E-state index in [0.29, 0.717) is 17.6 Å². The molecule has 58 heavy (non-hydrogen) atoms. The minimum Gasteiger partial charge on any atom is -0.277 e. The van der Waals surface area contributed by atoms with Gasteiger partial charge >= 0.3 is 0 Å². The monoisotopic (exact) mass is 740 g/mol. The average molecular weight is 741 g/mol. The molecule has 2 aromatic heterocycles. The van der Waals surface area contributed by atoms with Crippen molar-refractivity contribution in [2.24, 2.45) is 0 Å². The summed E-state index contributed by atoms with van der Waals surface area (Å²) in [5.41, 5.74) is 11.5. The van der Waals surface area contributed by atoms with Crippen LogP contribution in [0.1, 0.15) is 25.0 Å². The molecular weight excluding hydrogens is 705 g/mol. The number of nitrogens with zero attached hydrogens (tertiary/aromatic N) is 4. The lowest BCUT2D eigenvalue weighted by Gasteiger charge is -2.22. The number of para-hydroxylation sites is 1. The van der Waals surface area contributed by atoms with E-state index in [-0.39, 0.29) is 5.41 Å². The molecule has 9 aromatic carbocycles. The quantitative estimate of drug-likeness (QED) is 0.169. The average Bonchev–Trinajstić information content (AvgIpc) is 3.76. The van der Waals surface area contributed by atoms with Gasteiger partial charge in [-0.25, -0.2) is 4.98 Å². The standard InChI is InChI=1S/C54H36N4/c1-54(2)46-26-13-12-21-41(46)42-30-29-36(32-47(42)54)38-24-14-25-45-48-43-22-10-8-19-39(43)40-20-9-11-23-44(40)50(48)58(49(38)45)53-56-51(34-16-4-3-5-17-34)55-52(57-53)37-28-27-33-15-6-7-18-35(33)31-37/h3-32H,1-2H3. The number of rotatable bonds is 4. The van der Waals surface area contributed by atoms with Gasteiger partial charge in [0.25, 0.3) is 0 Å². The molecule has 0 atom stereocenters. The zero-order chi connectivity index (χ0) is 38.5. The molecule has 1 aliphatic carbocycles. The molecule has 0 radical (unpaired) electrons. The van der Waals surface area contributed by atoms with Crippen molar-refractivity contribution < 1.29 is 0 Å². The molecule has 272 valence electrons. The van der Waals surface area contributed by atoms with E-state index in [9.17, 15) is 0 Å². The van der Waals surface area contributed by atoms with E-state index in [1.54, 1.807) is 0 Å². The molecule has 0 saturated heterocycles. The summed E-state index contributed by atoms with van der Waals surface area (Å²) in [4.78, 5) is 16.0. The molecule has 0 spiro atoms. The summed E-state index contributed by atoms with van der Waals surface area (Å²) in [5.74, 6) is 1.84. The fourth-order valence-corrected chi connectivity index (χ4v) is 9.67. The maximum absolute atomic E-state index is 5.45. The van der Waals surface area contributed by atoms with Crippen LogP contribution < -0.4 is 0 Å². The van der Waals surface area contributed by atoms with Crippen molar-refractivity contribution in [1.29, 1.82) is 0 Å². The smallest absolute Gasteiger partial charge is 0.238 e. The van der Waals surface area contributed by atoms with Gasteiger partial charge in [0.15, 0.2) is 11.6 Å². The molecular formula is C54H36N4. The second-order valence-corrected chi connectivity index (χ2v) is 16.0. The maximum atomic E-state index is 5.45. The Bertz CT molecular complexity index is 3490. The molecule has 0 unspecified atom stereocenters. The molecule has 0 fully saturated rings. The molecule has 4 heteroatoms. The first-order valence-electron chi connectivity index (χ1n) is 20.0. The zero-order valence-electron chi connectivity index (χ0n) is 32.1. The first-order valence-corrected chi connectivity index (χ1v) is 20.0. The van der Waals surface area contributed by atoms with Crippen LogP contribution in [0.5, 0.6) is 0 Å². The summed E-state index contributed by atoms with van der Waals surface area (Å²) in [6.45, 7) is 4.70. The normalized spacial score (nSPS) is 13.1. The molecule has 0 amide bonds. The Balaban J connectivity index is 1.23. The van der Waals surface area contributed by atoms with Crippen LogP contribution in [-0.2, 0) is 5.41 Å². The number of benzene rings is 9. The van der Waals surface area contributed by atoms with Crippen LogP contribution in [0.15, 0.2) is 182 Å². The lowest BCUT2D eigenvalue weighted by atomic mass is 9.81. The second kappa shape index (κ2) is 12.3. The van der Waals surface area contributed by atoms with Gasteiger partial charge in [-0.3, -0.25) is 4.57 Å². The predicted molar refractivity (Wildman–Crippen MR) is 241 cm³/mol. The Labute approximate surface area is 335 Å². The minimum atomic E-state index is -0.136. The summed E-state index contributed by atoms with van der Waals surface area (Å²) in [6, 6.07) is 65.4. The highest BCUT2D eigenvalue weighted by molar-refractivity contribution is 6.33. The predicted octanol–water partition coefficient (Wildman–Crippen LogP) is 13.7.